The first-order chi connectivity index (χ1) is 22.2. The number of benzene rings is 3. The van der Waals surface area contributed by atoms with Gasteiger partial charge in [0, 0.05) is 38.8 Å². The fourth-order valence-corrected chi connectivity index (χ4v) is 11.1. The molecule has 234 valence electrons. The van der Waals surface area contributed by atoms with Gasteiger partial charge in [0.2, 0.25) is 11.8 Å². The fraction of sp³-hybridized carbons (Fsp3) is 0.303. The summed E-state index contributed by atoms with van der Waals surface area (Å²) >= 11 is 8.71. The van der Waals surface area contributed by atoms with Crippen LogP contribution >= 0.6 is 34.7 Å². The molecule has 4 aliphatic rings. The van der Waals surface area contributed by atoms with Gasteiger partial charge in [-0.2, -0.15) is 0 Å². The molecule has 46 heavy (non-hydrogen) atoms. The number of nitro groups is 1. The Bertz CT molecular complexity index is 1960. The number of carbonyl (C=O) groups is 2. The van der Waals surface area contributed by atoms with Crippen LogP contribution in [0.3, 0.4) is 0 Å². The average Bonchev–Trinajstić information content (AvgIpc) is 3.79. The molecule has 3 aromatic carbocycles. The van der Waals surface area contributed by atoms with Crippen molar-refractivity contribution in [3.63, 3.8) is 0 Å². The largest absolute Gasteiger partial charge is 0.497 e. The van der Waals surface area contributed by atoms with Crippen LogP contribution in [0.4, 0.5) is 11.4 Å². The number of methoxy groups -OCH3 is 1. The van der Waals surface area contributed by atoms with Crippen molar-refractivity contribution in [3.8, 4) is 11.5 Å². The number of hydrogen-bond donors (Lipinski definition) is 1. The minimum Gasteiger partial charge on any atom is -0.497 e. The molecule has 3 fully saturated rings. The van der Waals surface area contributed by atoms with Gasteiger partial charge in [-0.25, -0.2) is 0 Å². The number of thioether (sulfide) groups is 1. The van der Waals surface area contributed by atoms with Gasteiger partial charge in [0.05, 0.1) is 34.6 Å². The summed E-state index contributed by atoms with van der Waals surface area (Å²) < 4.78 is 11.6. The topological polar surface area (TPSA) is 132 Å². The van der Waals surface area contributed by atoms with Crippen LogP contribution in [0.15, 0.2) is 76.6 Å². The molecule has 3 heterocycles. The number of aromatic nitrogens is 1. The van der Waals surface area contributed by atoms with Crippen LogP contribution < -0.4 is 19.2 Å². The molecule has 5 unspecified atom stereocenters. The summed E-state index contributed by atoms with van der Waals surface area (Å²) in [5.41, 5.74) is 1.89. The van der Waals surface area contributed by atoms with Crippen molar-refractivity contribution < 1.29 is 24.0 Å². The quantitative estimate of drug-likeness (QED) is 0.138. The maximum Gasteiger partial charge on any atom is 0.305 e. The molecule has 8 rings (SSSR count). The Balaban J connectivity index is 1.21. The molecule has 2 bridgehead atoms. The third-order valence-corrected chi connectivity index (χ3v) is 12.7. The molecule has 2 amide bonds. The van der Waals surface area contributed by atoms with Crippen molar-refractivity contribution >= 4 is 57.9 Å². The van der Waals surface area contributed by atoms with E-state index in [9.17, 15) is 24.5 Å². The van der Waals surface area contributed by atoms with E-state index in [2.05, 4.69) is 4.98 Å². The normalized spacial score (nSPS) is 27.3. The molecule has 2 aliphatic heterocycles. The molecule has 4 aromatic rings. The van der Waals surface area contributed by atoms with Gasteiger partial charge in [0.25, 0.3) is 5.69 Å². The van der Waals surface area contributed by atoms with E-state index in [1.54, 1.807) is 61.3 Å². The number of imide groups is 1. The minimum absolute atomic E-state index is 0.0788. The highest BCUT2D eigenvalue weighted by Crippen LogP contribution is 2.69. The number of nitro benzene ring substituents is 1. The maximum absolute atomic E-state index is 14.1. The van der Waals surface area contributed by atoms with Gasteiger partial charge < -0.3 is 14.5 Å². The lowest BCUT2D eigenvalue weighted by Crippen LogP contribution is -2.42. The predicted molar refractivity (Wildman–Crippen MR) is 173 cm³/mol. The van der Waals surface area contributed by atoms with Crippen molar-refractivity contribution in [3.05, 3.63) is 108 Å². The summed E-state index contributed by atoms with van der Waals surface area (Å²) in [5.74, 6) is -1.16. The standard InChI is InChI=1S/C33H26ClN3O7S2/c1-43-19-9-6-17(7-10-19)36-31(38)26-21-13-22(27(26)32(36)39)28-25(21)24(29-30(45-28)35-33(40)46-29)20-12-18(37(41)42)8-11-23(20)44-14-15-2-4-16(34)5-3-15/h2-12,21-22,24-28H,13-14H2,1H3,(H,35,40)/t21-,22-,24?,25?,26?,27?,28?/m1/s1. The molecule has 13 heteroatoms. The number of rotatable bonds is 7. The van der Waals surface area contributed by atoms with E-state index in [-0.39, 0.29) is 52.0 Å². The zero-order valence-corrected chi connectivity index (χ0v) is 26.6. The lowest BCUT2D eigenvalue weighted by molar-refractivity contribution is -0.385. The van der Waals surface area contributed by atoms with Crippen LogP contribution in [0.2, 0.25) is 5.02 Å². The van der Waals surface area contributed by atoms with E-state index in [1.165, 1.54) is 17.0 Å². The lowest BCUT2D eigenvalue weighted by atomic mass is 9.68. The molecule has 1 saturated heterocycles. The zero-order valence-electron chi connectivity index (χ0n) is 24.3. The number of hydrogen-bond acceptors (Lipinski definition) is 9. The van der Waals surface area contributed by atoms with Crippen LogP contribution in [0, 0.1) is 39.7 Å². The van der Waals surface area contributed by atoms with E-state index in [0.717, 1.165) is 21.8 Å². The number of nitrogens with zero attached hydrogens (tertiary/aromatic N) is 2. The molecule has 10 nitrogen and oxygen atoms in total. The fourth-order valence-electron chi connectivity index (χ4n) is 8.12. The molecule has 1 aromatic heterocycles. The van der Waals surface area contributed by atoms with E-state index < -0.39 is 22.7 Å². The van der Waals surface area contributed by atoms with E-state index in [0.29, 0.717) is 39.2 Å². The van der Waals surface area contributed by atoms with Gasteiger partial charge in [-0.05, 0) is 72.2 Å². The highest BCUT2D eigenvalue weighted by atomic mass is 35.5. The Morgan fingerprint density at radius 2 is 1.72 bits per heavy atom. The monoisotopic (exact) mass is 675 g/mol. The van der Waals surface area contributed by atoms with Crippen LogP contribution in [0.25, 0.3) is 0 Å². The van der Waals surface area contributed by atoms with Crippen molar-refractivity contribution in [2.45, 2.75) is 29.2 Å². The van der Waals surface area contributed by atoms with Crippen LogP contribution in [0.1, 0.15) is 28.3 Å². The Hall–Kier alpha value is -4.13. The molecule has 0 spiro atoms. The smallest absolute Gasteiger partial charge is 0.305 e. The molecular weight excluding hydrogens is 650 g/mol. The number of fused-ring (bicyclic) bond motifs is 9. The van der Waals surface area contributed by atoms with Gasteiger partial charge in [0.15, 0.2) is 0 Å². The lowest BCUT2D eigenvalue weighted by Gasteiger charge is -2.43. The molecule has 0 radical (unpaired) electrons. The predicted octanol–water partition coefficient (Wildman–Crippen LogP) is 6.26. The van der Waals surface area contributed by atoms with Gasteiger partial charge in [-0.3, -0.25) is 29.4 Å². The summed E-state index contributed by atoms with van der Waals surface area (Å²) in [6, 6.07) is 18.7. The third kappa shape index (κ3) is 4.49. The number of aromatic amines is 1. The summed E-state index contributed by atoms with van der Waals surface area (Å²) in [7, 11) is 1.56. The van der Waals surface area contributed by atoms with Crippen molar-refractivity contribution in [1.29, 1.82) is 0 Å². The van der Waals surface area contributed by atoms with Crippen LogP contribution in [0.5, 0.6) is 11.5 Å². The first-order valence-electron chi connectivity index (χ1n) is 14.8. The molecule has 7 atom stereocenters. The Morgan fingerprint density at radius 3 is 2.41 bits per heavy atom. The molecule has 2 saturated carbocycles. The SMILES string of the molecule is COc1ccc(N2C(=O)C3C(C2=O)[C@@H]2C[C@H]3C3Sc4[nH]c(=O)sc4C(c4cc([N+](=O)[O-])ccc4OCc4ccc(Cl)cc4)C32)cc1. The number of H-pyrrole nitrogens is 1. The second-order valence-electron chi connectivity index (χ2n) is 12.1. The number of anilines is 1. The number of halogens is 1. The number of amides is 2. The zero-order chi connectivity index (χ0) is 31.9. The van der Waals surface area contributed by atoms with Gasteiger partial charge >= 0.3 is 4.87 Å². The van der Waals surface area contributed by atoms with Crippen molar-refractivity contribution in [1.82, 2.24) is 4.98 Å². The summed E-state index contributed by atoms with van der Waals surface area (Å²) in [6.45, 7) is 0.203. The van der Waals surface area contributed by atoms with Crippen LogP contribution in [-0.4, -0.2) is 34.1 Å². The van der Waals surface area contributed by atoms with Gasteiger partial charge in [-0.1, -0.05) is 35.1 Å². The second kappa shape index (κ2) is 11.0. The van der Waals surface area contributed by atoms with Crippen LogP contribution in [-0.2, 0) is 16.2 Å². The first-order valence-corrected chi connectivity index (χ1v) is 16.9. The first kappa shape index (κ1) is 29.3. The summed E-state index contributed by atoms with van der Waals surface area (Å²) in [5, 5.41) is 13.2. The highest BCUT2D eigenvalue weighted by molar-refractivity contribution is 8.00. The van der Waals surface area contributed by atoms with Crippen molar-refractivity contribution in [2.75, 3.05) is 12.0 Å². The minimum atomic E-state index is -0.515. The Morgan fingerprint density at radius 1 is 1.00 bits per heavy atom. The summed E-state index contributed by atoms with van der Waals surface area (Å²) in [4.78, 5) is 57.2. The van der Waals surface area contributed by atoms with E-state index >= 15 is 0 Å². The number of non-ortho nitro benzene ring substituents is 1. The molecule has 2 aliphatic carbocycles. The van der Waals surface area contributed by atoms with E-state index in [4.69, 9.17) is 21.1 Å². The maximum atomic E-state index is 14.1. The van der Waals surface area contributed by atoms with E-state index in [1.807, 2.05) is 12.1 Å². The van der Waals surface area contributed by atoms with Crippen molar-refractivity contribution in [2.24, 2.45) is 29.6 Å². The number of carbonyl (C=O) groups excluding carboxylic acids is 2. The Labute approximate surface area is 275 Å². The second-order valence-corrected chi connectivity index (χ2v) is 14.7. The van der Waals surface area contributed by atoms with Gasteiger partial charge in [0.1, 0.15) is 18.1 Å². The Kier molecular flexibility index (Phi) is 7.00. The number of nitrogens with one attached hydrogen (secondary N) is 1. The number of ether oxygens (including phenoxy) is 2. The highest BCUT2D eigenvalue weighted by Gasteiger charge is 2.70. The molecule has 1 N–H and O–H groups in total. The average molecular weight is 676 g/mol. The summed E-state index contributed by atoms with van der Waals surface area (Å²) in [6.07, 6.45) is 0.692. The number of thiazole rings is 1. The third-order valence-electron chi connectivity index (χ3n) is 9.90. The van der Waals surface area contributed by atoms with Gasteiger partial charge in [-0.15, -0.1) is 11.8 Å². The molecular formula is C33H26ClN3O7S2.